The molecule has 0 saturated carbocycles. The first-order valence-electron chi connectivity index (χ1n) is 10.6. The molecule has 1 unspecified atom stereocenters. The van der Waals surface area contributed by atoms with Gasteiger partial charge in [-0.15, -0.1) is 11.8 Å². The largest absolute Gasteiger partial charge is 0.354 e. The predicted molar refractivity (Wildman–Crippen MR) is 134 cm³/mol. The maximum absolute atomic E-state index is 13.2. The number of halogens is 2. The molecule has 7 heteroatoms. The smallest absolute Gasteiger partial charge is 0.242 e. The number of amides is 2. The van der Waals surface area contributed by atoms with Crippen molar-refractivity contribution in [2.24, 2.45) is 0 Å². The normalized spacial score (nSPS) is 11.7. The van der Waals surface area contributed by atoms with E-state index in [0.29, 0.717) is 30.3 Å². The molecule has 4 nitrogen and oxygen atoms in total. The fourth-order valence-electron chi connectivity index (χ4n) is 3.16. The number of hydrogen-bond donors (Lipinski definition) is 1. The molecule has 0 spiro atoms. The third-order valence-electron chi connectivity index (χ3n) is 4.92. The second-order valence-corrected chi connectivity index (χ2v) is 9.61. The van der Waals surface area contributed by atoms with E-state index in [4.69, 9.17) is 11.6 Å². The van der Waals surface area contributed by atoms with Gasteiger partial charge in [0.2, 0.25) is 11.8 Å². The Morgan fingerprint density at radius 2 is 1.84 bits per heavy atom. The van der Waals surface area contributed by atoms with Gasteiger partial charge in [-0.2, -0.15) is 0 Å². The predicted octanol–water partition coefficient (Wildman–Crippen LogP) is 6.06. The Morgan fingerprint density at radius 3 is 2.48 bits per heavy atom. The molecule has 0 radical (unpaired) electrons. The first kappa shape index (κ1) is 25.8. The van der Waals surface area contributed by atoms with Crippen molar-refractivity contribution >= 4 is 51.1 Å². The monoisotopic (exact) mass is 524 g/mol. The Bertz CT molecular complexity index is 848. The molecule has 31 heavy (non-hydrogen) atoms. The zero-order chi connectivity index (χ0) is 22.6. The minimum atomic E-state index is -0.520. The van der Waals surface area contributed by atoms with Crippen LogP contribution in [0.1, 0.15) is 44.2 Å². The molecule has 0 aromatic heterocycles. The van der Waals surface area contributed by atoms with Crippen molar-refractivity contribution in [3.63, 3.8) is 0 Å². The summed E-state index contributed by atoms with van der Waals surface area (Å²) >= 11 is 11.3. The van der Waals surface area contributed by atoms with Gasteiger partial charge in [-0.05, 0) is 42.2 Å². The van der Waals surface area contributed by atoms with Gasteiger partial charge in [0.15, 0.2) is 0 Å². The lowest BCUT2D eigenvalue weighted by Gasteiger charge is -2.31. The van der Waals surface area contributed by atoms with Crippen LogP contribution in [0.2, 0.25) is 5.02 Å². The molecule has 2 aromatic carbocycles. The van der Waals surface area contributed by atoms with Gasteiger partial charge >= 0.3 is 0 Å². The van der Waals surface area contributed by atoms with Crippen LogP contribution in [-0.4, -0.2) is 35.1 Å². The van der Waals surface area contributed by atoms with Crippen molar-refractivity contribution in [3.05, 3.63) is 69.2 Å². The maximum atomic E-state index is 13.2. The maximum Gasteiger partial charge on any atom is 0.242 e. The minimum absolute atomic E-state index is 0.0560. The molecule has 168 valence electrons. The van der Waals surface area contributed by atoms with E-state index in [2.05, 4.69) is 28.2 Å². The third-order valence-corrected chi connectivity index (χ3v) is 6.81. The summed E-state index contributed by atoms with van der Waals surface area (Å²) in [5, 5.41) is 3.58. The number of unbranched alkanes of at least 4 members (excludes halogenated alkanes) is 1. The first-order chi connectivity index (χ1) is 15.0. The number of nitrogens with zero attached hydrogens (tertiary/aromatic N) is 1. The van der Waals surface area contributed by atoms with E-state index in [1.165, 1.54) is 0 Å². The zero-order valence-electron chi connectivity index (χ0n) is 18.1. The number of hydrogen-bond acceptors (Lipinski definition) is 3. The Hall–Kier alpha value is -1.50. The summed E-state index contributed by atoms with van der Waals surface area (Å²) in [6.07, 6.45) is 2.47. The summed E-state index contributed by atoms with van der Waals surface area (Å²) in [7, 11) is 0. The Balaban J connectivity index is 2.10. The lowest BCUT2D eigenvalue weighted by Crippen LogP contribution is -2.49. The fraction of sp³-hybridized carbons (Fsp3) is 0.417. The van der Waals surface area contributed by atoms with Crippen LogP contribution < -0.4 is 5.32 Å². The number of benzene rings is 2. The summed E-state index contributed by atoms with van der Waals surface area (Å²) in [4.78, 5) is 27.7. The summed E-state index contributed by atoms with van der Waals surface area (Å²) in [6.45, 7) is 4.96. The van der Waals surface area contributed by atoms with E-state index in [1.807, 2.05) is 55.5 Å². The van der Waals surface area contributed by atoms with Crippen molar-refractivity contribution in [1.82, 2.24) is 10.2 Å². The molecule has 1 N–H and O–H groups in total. The zero-order valence-corrected chi connectivity index (χ0v) is 21.2. The van der Waals surface area contributed by atoms with Crippen LogP contribution in [0.15, 0.2) is 53.0 Å². The van der Waals surface area contributed by atoms with Crippen LogP contribution in [0, 0.1) is 0 Å². The molecule has 0 bridgehead atoms. The molecule has 0 aliphatic carbocycles. The molecule has 0 aliphatic rings. The Morgan fingerprint density at radius 1 is 1.13 bits per heavy atom. The average molecular weight is 526 g/mol. The highest BCUT2D eigenvalue weighted by molar-refractivity contribution is 9.10. The minimum Gasteiger partial charge on any atom is -0.354 e. The van der Waals surface area contributed by atoms with Crippen LogP contribution in [0.4, 0.5) is 0 Å². The van der Waals surface area contributed by atoms with Crippen LogP contribution in [-0.2, 0) is 21.9 Å². The van der Waals surface area contributed by atoms with E-state index >= 15 is 0 Å². The lowest BCUT2D eigenvalue weighted by molar-refractivity contribution is -0.139. The molecule has 2 amide bonds. The van der Waals surface area contributed by atoms with Crippen LogP contribution in [0.25, 0.3) is 0 Å². The van der Waals surface area contributed by atoms with Gasteiger partial charge in [-0.3, -0.25) is 9.59 Å². The van der Waals surface area contributed by atoms with Crippen molar-refractivity contribution in [2.75, 3.05) is 12.3 Å². The van der Waals surface area contributed by atoms with Crippen molar-refractivity contribution < 1.29 is 9.59 Å². The number of carbonyl (C=O) groups excluding carboxylic acids is 2. The van der Waals surface area contributed by atoms with Gasteiger partial charge in [0.1, 0.15) is 6.04 Å². The standard InChI is InChI=1S/C24H30BrClN2O2S/c1-3-5-14-27-24(30)22(4-2)28(15-19-8-6-7-9-21(19)26)23(29)17-31-16-18-10-12-20(25)13-11-18/h6-13,22H,3-5,14-17H2,1-2H3,(H,27,30). The molecule has 2 rings (SSSR count). The molecule has 1 atom stereocenters. The summed E-state index contributed by atoms with van der Waals surface area (Å²) < 4.78 is 1.03. The molecule has 0 heterocycles. The highest BCUT2D eigenvalue weighted by atomic mass is 79.9. The van der Waals surface area contributed by atoms with Gasteiger partial charge < -0.3 is 10.2 Å². The SMILES string of the molecule is CCCCNC(=O)C(CC)N(Cc1ccccc1Cl)C(=O)CSCc1ccc(Br)cc1. The number of carbonyl (C=O) groups is 2. The quantitative estimate of drug-likeness (QED) is 0.343. The molecular weight excluding hydrogens is 496 g/mol. The number of rotatable bonds is 12. The van der Waals surface area contributed by atoms with E-state index in [1.54, 1.807) is 16.7 Å². The van der Waals surface area contributed by atoms with Gasteiger partial charge in [0.25, 0.3) is 0 Å². The van der Waals surface area contributed by atoms with Crippen LogP contribution in [0.5, 0.6) is 0 Å². The summed E-state index contributed by atoms with van der Waals surface area (Å²) in [5.74, 6) is 0.881. The van der Waals surface area contributed by atoms with Crippen LogP contribution >= 0.6 is 39.3 Å². The summed E-state index contributed by atoms with van der Waals surface area (Å²) in [5.41, 5.74) is 2.00. The van der Waals surface area contributed by atoms with E-state index in [-0.39, 0.29) is 11.8 Å². The molecular formula is C24H30BrClN2O2S. The van der Waals surface area contributed by atoms with Crippen LogP contribution in [0.3, 0.4) is 0 Å². The number of nitrogens with one attached hydrogen (secondary N) is 1. The first-order valence-corrected chi connectivity index (χ1v) is 12.9. The Labute approximate surface area is 203 Å². The molecule has 0 saturated heterocycles. The second-order valence-electron chi connectivity index (χ2n) is 7.30. The van der Waals surface area contributed by atoms with E-state index in [0.717, 1.165) is 34.2 Å². The third kappa shape index (κ3) is 8.51. The second kappa shape index (κ2) is 13.8. The molecule has 2 aromatic rings. The average Bonchev–Trinajstić information content (AvgIpc) is 2.76. The van der Waals surface area contributed by atoms with Crippen molar-refractivity contribution in [3.8, 4) is 0 Å². The fourth-order valence-corrected chi connectivity index (χ4v) is 4.49. The highest BCUT2D eigenvalue weighted by Gasteiger charge is 2.28. The molecule has 0 aliphatic heterocycles. The van der Waals surface area contributed by atoms with Crippen molar-refractivity contribution in [2.45, 2.75) is 51.4 Å². The van der Waals surface area contributed by atoms with Gasteiger partial charge in [0.05, 0.1) is 5.75 Å². The van der Waals surface area contributed by atoms with Gasteiger partial charge in [-0.1, -0.05) is 78.1 Å². The van der Waals surface area contributed by atoms with Gasteiger partial charge in [0, 0.05) is 28.3 Å². The number of thioether (sulfide) groups is 1. The van der Waals surface area contributed by atoms with Gasteiger partial charge in [-0.25, -0.2) is 0 Å². The lowest BCUT2D eigenvalue weighted by atomic mass is 10.1. The topological polar surface area (TPSA) is 49.4 Å². The van der Waals surface area contributed by atoms with E-state index < -0.39 is 6.04 Å². The highest BCUT2D eigenvalue weighted by Crippen LogP contribution is 2.22. The molecule has 0 fully saturated rings. The van der Waals surface area contributed by atoms with E-state index in [9.17, 15) is 9.59 Å². The van der Waals surface area contributed by atoms with Crippen molar-refractivity contribution in [1.29, 1.82) is 0 Å². The summed E-state index contributed by atoms with van der Waals surface area (Å²) in [6, 6.07) is 15.0. The Kier molecular flexibility index (Phi) is 11.5.